The first-order valence-corrected chi connectivity index (χ1v) is 14.4. The van der Waals surface area contributed by atoms with E-state index in [2.05, 4.69) is 30.1 Å². The molecule has 0 N–H and O–H groups in total. The Balaban J connectivity index is 1.64. The number of para-hydroxylation sites is 1. The van der Waals surface area contributed by atoms with Gasteiger partial charge in [0.25, 0.3) is 0 Å². The van der Waals surface area contributed by atoms with Crippen LogP contribution in [-0.4, -0.2) is 69.7 Å². The molecule has 13 heteroatoms. The summed E-state index contributed by atoms with van der Waals surface area (Å²) in [6.07, 6.45) is 5.57. The highest BCUT2D eigenvalue weighted by Gasteiger charge is 2.35. The summed E-state index contributed by atoms with van der Waals surface area (Å²) in [6, 6.07) is 10.8. The first-order valence-electron chi connectivity index (χ1n) is 12.7. The van der Waals surface area contributed by atoms with Crippen LogP contribution in [0.2, 0.25) is 0 Å². The van der Waals surface area contributed by atoms with Gasteiger partial charge >= 0.3 is 0 Å². The number of rotatable bonds is 10. The summed E-state index contributed by atoms with van der Waals surface area (Å²) in [5, 5.41) is 7.78. The quantitative estimate of drug-likeness (QED) is 0.240. The first-order chi connectivity index (χ1) is 19.8. The Hall–Kier alpha value is -4.49. The molecule has 0 fully saturated rings. The molecule has 2 aromatic carbocycles. The van der Waals surface area contributed by atoms with Crippen molar-refractivity contribution in [3.8, 4) is 28.6 Å². The summed E-state index contributed by atoms with van der Waals surface area (Å²) in [7, 11) is 0.595. The molecule has 0 unspecified atom stereocenters. The molecule has 212 valence electrons. The number of methoxy groups -OCH3 is 3. The van der Waals surface area contributed by atoms with Crippen molar-refractivity contribution < 1.29 is 22.6 Å². The van der Waals surface area contributed by atoms with Crippen LogP contribution in [0.1, 0.15) is 30.2 Å². The number of aryl methyl sites for hydroxylation is 1. The summed E-state index contributed by atoms with van der Waals surface area (Å²) >= 11 is 0. The smallest absolute Gasteiger partial charge is 0.168 e. The van der Waals surface area contributed by atoms with E-state index in [1.165, 1.54) is 21.3 Å². The SMILES string of the molecule is COc1cccc(OC)c1-n1c(CS(=O)(=O)[C@@H](C)[C@H](OC)c2ncc(C)cn2)nnc1-c1ccc2nccnc2c1. The van der Waals surface area contributed by atoms with Crippen molar-refractivity contribution in [1.29, 1.82) is 0 Å². The summed E-state index contributed by atoms with van der Waals surface area (Å²) in [5.41, 5.74) is 3.32. The molecule has 41 heavy (non-hydrogen) atoms. The minimum atomic E-state index is -3.89. The molecule has 0 aliphatic heterocycles. The van der Waals surface area contributed by atoms with Crippen LogP contribution in [0.3, 0.4) is 0 Å². The highest BCUT2D eigenvalue weighted by Crippen LogP contribution is 2.37. The molecule has 0 bridgehead atoms. The zero-order valence-electron chi connectivity index (χ0n) is 23.2. The fourth-order valence-electron chi connectivity index (χ4n) is 4.54. The highest BCUT2D eigenvalue weighted by molar-refractivity contribution is 7.91. The van der Waals surface area contributed by atoms with E-state index >= 15 is 0 Å². The lowest BCUT2D eigenvalue weighted by molar-refractivity contribution is 0.0947. The van der Waals surface area contributed by atoms with Gasteiger partial charge in [-0.05, 0) is 49.7 Å². The molecule has 12 nitrogen and oxygen atoms in total. The van der Waals surface area contributed by atoms with Crippen molar-refractivity contribution in [2.24, 2.45) is 0 Å². The van der Waals surface area contributed by atoms with Gasteiger partial charge in [0.1, 0.15) is 29.0 Å². The average Bonchev–Trinajstić information content (AvgIpc) is 3.39. The van der Waals surface area contributed by atoms with E-state index in [4.69, 9.17) is 14.2 Å². The number of fused-ring (bicyclic) bond motifs is 1. The Labute approximate surface area is 237 Å². The summed E-state index contributed by atoms with van der Waals surface area (Å²) in [6.45, 7) is 3.42. The minimum Gasteiger partial charge on any atom is -0.494 e. The second kappa shape index (κ2) is 11.6. The van der Waals surface area contributed by atoms with Crippen molar-refractivity contribution in [2.75, 3.05) is 21.3 Å². The Morgan fingerprint density at radius 2 is 1.54 bits per heavy atom. The average molecular weight is 576 g/mol. The van der Waals surface area contributed by atoms with Crippen molar-refractivity contribution in [2.45, 2.75) is 31.0 Å². The van der Waals surface area contributed by atoms with E-state index in [-0.39, 0.29) is 11.6 Å². The molecule has 3 aromatic heterocycles. The van der Waals surface area contributed by atoms with Crippen molar-refractivity contribution >= 4 is 20.9 Å². The van der Waals surface area contributed by atoms with Gasteiger partial charge in [0, 0.05) is 37.5 Å². The third kappa shape index (κ3) is 5.45. The summed E-state index contributed by atoms with van der Waals surface area (Å²) in [5.74, 6) is 1.25. The highest BCUT2D eigenvalue weighted by atomic mass is 32.2. The predicted octanol–water partition coefficient (Wildman–Crippen LogP) is 3.68. The van der Waals surface area contributed by atoms with E-state index in [0.29, 0.717) is 39.6 Å². The van der Waals surface area contributed by atoms with E-state index in [9.17, 15) is 8.42 Å². The van der Waals surface area contributed by atoms with Crippen molar-refractivity contribution in [3.05, 3.63) is 78.4 Å². The zero-order valence-corrected chi connectivity index (χ0v) is 24.0. The lowest BCUT2D eigenvalue weighted by atomic mass is 10.1. The van der Waals surface area contributed by atoms with Crippen molar-refractivity contribution in [3.63, 3.8) is 0 Å². The largest absolute Gasteiger partial charge is 0.494 e. The predicted molar refractivity (Wildman–Crippen MR) is 152 cm³/mol. The fourth-order valence-corrected chi connectivity index (χ4v) is 5.96. The molecule has 0 radical (unpaired) electrons. The van der Waals surface area contributed by atoms with Gasteiger partial charge in [0.05, 0.1) is 30.5 Å². The maximum absolute atomic E-state index is 13.9. The maximum atomic E-state index is 13.9. The number of aromatic nitrogens is 7. The summed E-state index contributed by atoms with van der Waals surface area (Å²) < 4.78 is 46.2. The van der Waals surface area contributed by atoms with Crippen LogP contribution in [0.15, 0.2) is 61.2 Å². The Kier molecular flexibility index (Phi) is 7.90. The van der Waals surface area contributed by atoms with Crippen LogP contribution in [-0.2, 0) is 20.3 Å². The van der Waals surface area contributed by atoms with Crippen LogP contribution >= 0.6 is 0 Å². The zero-order chi connectivity index (χ0) is 29.1. The minimum absolute atomic E-state index is 0.161. The molecule has 0 aliphatic rings. The van der Waals surface area contributed by atoms with Gasteiger partial charge in [0.2, 0.25) is 0 Å². The van der Waals surface area contributed by atoms with E-state index < -0.39 is 26.9 Å². The van der Waals surface area contributed by atoms with Crippen LogP contribution in [0.5, 0.6) is 11.5 Å². The number of hydrogen-bond acceptors (Lipinski definition) is 11. The van der Waals surface area contributed by atoms with Gasteiger partial charge in [-0.25, -0.2) is 18.4 Å². The Morgan fingerprint density at radius 3 is 2.17 bits per heavy atom. The number of sulfone groups is 1. The Bertz CT molecular complexity index is 1770. The third-order valence-electron chi connectivity index (χ3n) is 6.72. The molecule has 0 amide bonds. The lowest BCUT2D eigenvalue weighted by Gasteiger charge is -2.22. The molecule has 0 saturated carbocycles. The van der Waals surface area contributed by atoms with E-state index in [0.717, 1.165) is 5.56 Å². The van der Waals surface area contributed by atoms with Crippen LogP contribution in [0.25, 0.3) is 28.1 Å². The van der Waals surface area contributed by atoms with Crippen LogP contribution < -0.4 is 9.47 Å². The Morgan fingerprint density at radius 1 is 0.878 bits per heavy atom. The summed E-state index contributed by atoms with van der Waals surface area (Å²) in [4.78, 5) is 17.3. The van der Waals surface area contributed by atoms with Crippen molar-refractivity contribution in [1.82, 2.24) is 34.7 Å². The van der Waals surface area contributed by atoms with Gasteiger partial charge in [-0.1, -0.05) is 6.07 Å². The standard InChI is InChI=1S/C28H29N7O5S/c1-17-14-31-27(32-15-17)26(40-5)18(2)41(36,37)16-24-33-34-28(19-9-10-20-21(13-19)30-12-11-29-20)35(24)25-22(38-3)7-6-8-23(25)39-4/h6-15,18,26H,16H2,1-5H3/t18-,26-/m0/s1. The maximum Gasteiger partial charge on any atom is 0.168 e. The molecule has 0 aliphatic carbocycles. The second-order valence-corrected chi connectivity index (χ2v) is 11.7. The molecule has 5 aromatic rings. The molecular weight excluding hydrogens is 546 g/mol. The third-order valence-corrected chi connectivity index (χ3v) is 8.76. The lowest BCUT2D eigenvalue weighted by Crippen LogP contribution is -2.30. The van der Waals surface area contributed by atoms with Crippen LogP contribution in [0.4, 0.5) is 0 Å². The van der Waals surface area contributed by atoms with Gasteiger partial charge in [-0.3, -0.25) is 14.5 Å². The van der Waals surface area contributed by atoms with E-state index in [1.54, 1.807) is 54.5 Å². The first kappa shape index (κ1) is 28.1. The molecule has 0 saturated heterocycles. The fraction of sp³-hybridized carbons (Fsp3) is 0.286. The number of hydrogen-bond donors (Lipinski definition) is 0. The van der Waals surface area contributed by atoms with Gasteiger partial charge in [-0.15, -0.1) is 10.2 Å². The topological polar surface area (TPSA) is 144 Å². The number of ether oxygens (including phenoxy) is 3. The van der Waals surface area contributed by atoms with Crippen LogP contribution in [0, 0.1) is 6.92 Å². The molecular formula is C28H29N7O5S. The number of benzene rings is 2. The monoisotopic (exact) mass is 575 g/mol. The van der Waals surface area contributed by atoms with Gasteiger partial charge < -0.3 is 14.2 Å². The van der Waals surface area contributed by atoms with Gasteiger partial charge in [-0.2, -0.15) is 0 Å². The molecule has 2 atom stereocenters. The molecule has 5 rings (SSSR count). The number of nitrogens with zero attached hydrogens (tertiary/aromatic N) is 7. The molecule has 3 heterocycles. The second-order valence-electron chi connectivity index (χ2n) is 9.33. The normalized spacial score (nSPS) is 13.2. The van der Waals surface area contributed by atoms with Gasteiger partial charge in [0.15, 0.2) is 27.3 Å². The van der Waals surface area contributed by atoms with E-state index in [1.807, 2.05) is 25.1 Å². The molecule has 0 spiro atoms.